The molecule has 1 aromatic carbocycles. The number of carbonyl (C=O) groups is 2. The molecule has 0 aliphatic carbocycles. The summed E-state index contributed by atoms with van der Waals surface area (Å²) in [7, 11) is 1.54. The van der Waals surface area contributed by atoms with E-state index in [9.17, 15) is 24.9 Å². The lowest BCUT2D eigenvalue weighted by atomic mass is 10.0. The molecule has 132 valence electrons. The van der Waals surface area contributed by atoms with Crippen LogP contribution in [0.15, 0.2) is 12.1 Å². The van der Waals surface area contributed by atoms with Crippen molar-refractivity contribution < 1.29 is 29.6 Å². The zero-order valence-electron chi connectivity index (χ0n) is 13.5. The maximum atomic E-state index is 12.4. The van der Waals surface area contributed by atoms with Crippen LogP contribution in [0.4, 0.5) is 0 Å². The van der Waals surface area contributed by atoms with Crippen LogP contribution in [0.25, 0.3) is 0 Å². The van der Waals surface area contributed by atoms with Gasteiger partial charge in [-0.25, -0.2) is 0 Å². The number of piperidine rings is 1. The van der Waals surface area contributed by atoms with Crippen LogP contribution in [0, 0.1) is 0 Å². The normalized spacial score (nSPS) is 15.3. The number of phenols is 3. The Morgan fingerprint density at radius 1 is 1.21 bits per heavy atom. The minimum Gasteiger partial charge on any atom is -0.504 e. The summed E-state index contributed by atoms with van der Waals surface area (Å²) in [6.45, 7) is 1.28. The van der Waals surface area contributed by atoms with Crippen LogP contribution in [-0.4, -0.2) is 64.9 Å². The number of methoxy groups -OCH3 is 1. The molecule has 1 saturated heterocycles. The van der Waals surface area contributed by atoms with Crippen molar-refractivity contribution >= 4 is 11.8 Å². The number of hydrogen-bond donors (Lipinski definition) is 4. The number of likely N-dealkylation sites (tertiary alicyclic amines) is 1. The molecule has 8 heteroatoms. The van der Waals surface area contributed by atoms with Gasteiger partial charge in [0.2, 0.25) is 5.91 Å². The Labute approximate surface area is 139 Å². The lowest BCUT2D eigenvalue weighted by Crippen LogP contribution is -2.46. The fourth-order valence-corrected chi connectivity index (χ4v) is 2.63. The molecule has 1 aromatic rings. The highest BCUT2D eigenvalue weighted by atomic mass is 16.5. The third-order valence-electron chi connectivity index (χ3n) is 4.00. The minimum absolute atomic E-state index is 0.0139. The average molecular weight is 338 g/mol. The van der Waals surface area contributed by atoms with Crippen molar-refractivity contribution in [3.05, 3.63) is 17.7 Å². The average Bonchev–Trinajstić information content (AvgIpc) is 2.57. The lowest BCUT2D eigenvalue weighted by molar-refractivity contribution is -0.122. The molecule has 0 unspecified atom stereocenters. The van der Waals surface area contributed by atoms with E-state index in [1.54, 1.807) is 4.90 Å². The maximum Gasteiger partial charge on any atom is 0.254 e. The van der Waals surface area contributed by atoms with Crippen molar-refractivity contribution in [3.8, 4) is 17.2 Å². The summed E-state index contributed by atoms with van der Waals surface area (Å²) >= 11 is 0. The Morgan fingerprint density at radius 3 is 2.33 bits per heavy atom. The second-order valence-corrected chi connectivity index (χ2v) is 5.74. The van der Waals surface area contributed by atoms with E-state index in [4.69, 9.17) is 4.74 Å². The van der Waals surface area contributed by atoms with E-state index < -0.39 is 17.2 Å². The van der Waals surface area contributed by atoms with E-state index in [0.717, 1.165) is 12.1 Å². The maximum absolute atomic E-state index is 12.4. The van der Waals surface area contributed by atoms with Crippen LogP contribution in [0.5, 0.6) is 17.2 Å². The van der Waals surface area contributed by atoms with Gasteiger partial charge in [-0.05, 0) is 25.0 Å². The molecule has 4 N–H and O–H groups in total. The number of carbonyl (C=O) groups excluding carboxylic acids is 2. The van der Waals surface area contributed by atoms with E-state index in [2.05, 4.69) is 5.32 Å². The first-order chi connectivity index (χ1) is 11.4. The molecule has 2 rings (SSSR count). The molecule has 0 bridgehead atoms. The number of amides is 2. The first-order valence-electron chi connectivity index (χ1n) is 7.75. The summed E-state index contributed by atoms with van der Waals surface area (Å²) in [6, 6.07) is 2.26. The van der Waals surface area contributed by atoms with E-state index in [0.29, 0.717) is 39.0 Å². The van der Waals surface area contributed by atoms with E-state index in [-0.39, 0.29) is 23.4 Å². The van der Waals surface area contributed by atoms with Gasteiger partial charge < -0.3 is 30.3 Å². The fourth-order valence-electron chi connectivity index (χ4n) is 2.63. The largest absolute Gasteiger partial charge is 0.504 e. The van der Waals surface area contributed by atoms with Crippen molar-refractivity contribution in [2.24, 2.45) is 0 Å². The summed E-state index contributed by atoms with van der Waals surface area (Å²) in [5.41, 5.74) is 0.102. The second kappa shape index (κ2) is 7.87. The molecular weight excluding hydrogens is 316 g/mol. The highest BCUT2D eigenvalue weighted by Crippen LogP contribution is 2.35. The number of phenolic OH excluding ortho intramolecular Hbond substituents is 3. The highest BCUT2D eigenvalue weighted by molar-refractivity contribution is 5.95. The summed E-state index contributed by atoms with van der Waals surface area (Å²) < 4.78 is 4.85. The summed E-state index contributed by atoms with van der Waals surface area (Å²) in [6.07, 6.45) is 1.56. The zero-order chi connectivity index (χ0) is 17.7. The molecule has 1 aliphatic rings. The van der Waals surface area contributed by atoms with Crippen molar-refractivity contribution in [1.29, 1.82) is 0 Å². The van der Waals surface area contributed by atoms with Crippen molar-refractivity contribution in [2.75, 3.05) is 26.8 Å². The molecule has 0 saturated carbocycles. The van der Waals surface area contributed by atoms with Crippen LogP contribution in [0.2, 0.25) is 0 Å². The summed E-state index contributed by atoms with van der Waals surface area (Å²) in [5, 5.41) is 31.2. The molecule has 0 atom stereocenters. The molecule has 24 heavy (non-hydrogen) atoms. The standard InChI is InChI=1S/C16H22N2O6/c1-24-7-4-14(21)17-11-2-5-18(6-3-11)16(23)10-8-12(19)15(22)13(20)9-10/h8-9,11,19-20,22H,2-7H2,1H3,(H,17,21). The number of nitrogens with zero attached hydrogens (tertiary/aromatic N) is 1. The fraction of sp³-hybridized carbons (Fsp3) is 0.500. The SMILES string of the molecule is COCCC(=O)NC1CCN(C(=O)c2cc(O)c(O)c(O)c2)CC1. The van der Waals surface area contributed by atoms with Gasteiger partial charge in [0, 0.05) is 38.2 Å². The monoisotopic (exact) mass is 338 g/mol. The predicted octanol–water partition coefficient (Wildman–Crippen LogP) is 0.561. The number of nitrogens with one attached hydrogen (secondary N) is 1. The third-order valence-corrected chi connectivity index (χ3v) is 4.00. The van der Waals surface area contributed by atoms with Gasteiger partial charge in [-0.2, -0.15) is 0 Å². The summed E-state index contributed by atoms with van der Waals surface area (Å²) in [5.74, 6) is -2.15. The summed E-state index contributed by atoms with van der Waals surface area (Å²) in [4.78, 5) is 25.7. The molecule has 2 amide bonds. The lowest BCUT2D eigenvalue weighted by Gasteiger charge is -2.32. The molecule has 1 aliphatic heterocycles. The van der Waals surface area contributed by atoms with Gasteiger partial charge in [-0.3, -0.25) is 9.59 Å². The quantitative estimate of drug-likeness (QED) is 0.583. The molecule has 0 radical (unpaired) electrons. The third kappa shape index (κ3) is 4.29. The van der Waals surface area contributed by atoms with E-state index in [1.807, 2.05) is 0 Å². The zero-order valence-corrected chi connectivity index (χ0v) is 13.5. The van der Waals surface area contributed by atoms with E-state index in [1.165, 1.54) is 7.11 Å². The van der Waals surface area contributed by atoms with Gasteiger partial charge >= 0.3 is 0 Å². The first-order valence-corrected chi connectivity index (χ1v) is 7.75. The number of benzene rings is 1. The molecule has 0 spiro atoms. The topological polar surface area (TPSA) is 119 Å². The van der Waals surface area contributed by atoms with Gasteiger partial charge in [-0.1, -0.05) is 0 Å². The Kier molecular flexibility index (Phi) is 5.86. The first kappa shape index (κ1) is 17.9. The Bertz CT molecular complexity index is 588. The second-order valence-electron chi connectivity index (χ2n) is 5.74. The molecule has 1 fully saturated rings. The number of aromatic hydroxyl groups is 3. The van der Waals surface area contributed by atoms with Crippen LogP contribution in [0.1, 0.15) is 29.6 Å². The van der Waals surface area contributed by atoms with Gasteiger partial charge in [-0.15, -0.1) is 0 Å². The predicted molar refractivity (Wildman–Crippen MR) is 85.0 cm³/mol. The molecule has 8 nitrogen and oxygen atoms in total. The Balaban J connectivity index is 1.90. The smallest absolute Gasteiger partial charge is 0.254 e. The Morgan fingerprint density at radius 2 is 1.79 bits per heavy atom. The van der Waals surface area contributed by atoms with Crippen LogP contribution >= 0.6 is 0 Å². The molecular formula is C16H22N2O6. The minimum atomic E-state index is -0.649. The van der Waals surface area contributed by atoms with Gasteiger partial charge in [0.05, 0.1) is 6.61 Å². The van der Waals surface area contributed by atoms with Gasteiger partial charge in [0.15, 0.2) is 17.2 Å². The van der Waals surface area contributed by atoms with Crippen LogP contribution in [-0.2, 0) is 9.53 Å². The van der Waals surface area contributed by atoms with E-state index >= 15 is 0 Å². The Hall–Kier alpha value is -2.48. The number of rotatable bonds is 5. The molecule has 0 aromatic heterocycles. The number of hydrogen-bond acceptors (Lipinski definition) is 6. The highest BCUT2D eigenvalue weighted by Gasteiger charge is 2.25. The van der Waals surface area contributed by atoms with Crippen molar-refractivity contribution in [1.82, 2.24) is 10.2 Å². The van der Waals surface area contributed by atoms with Crippen molar-refractivity contribution in [3.63, 3.8) is 0 Å². The van der Waals surface area contributed by atoms with Crippen LogP contribution < -0.4 is 5.32 Å². The van der Waals surface area contributed by atoms with Gasteiger partial charge in [0.1, 0.15) is 0 Å². The van der Waals surface area contributed by atoms with Crippen LogP contribution in [0.3, 0.4) is 0 Å². The number of ether oxygens (including phenoxy) is 1. The molecule has 1 heterocycles. The van der Waals surface area contributed by atoms with Gasteiger partial charge in [0.25, 0.3) is 5.91 Å². The van der Waals surface area contributed by atoms with Crippen molar-refractivity contribution in [2.45, 2.75) is 25.3 Å².